The standard InChI is InChI=1S/C13H18O2/c1-5-6-7-8-10(2)9-13(11(3)14)12(4)15/h5-8,13H,2,9H2,1,3-4H3/b6-5-,8-7-. The van der Waals surface area contributed by atoms with Gasteiger partial charge in [-0.3, -0.25) is 9.59 Å². The number of carbonyl (C=O) groups is 2. The molecule has 0 bridgehead atoms. The lowest BCUT2D eigenvalue weighted by Crippen LogP contribution is -2.19. The summed E-state index contributed by atoms with van der Waals surface area (Å²) in [5.41, 5.74) is 0.795. The molecule has 82 valence electrons. The highest BCUT2D eigenvalue weighted by molar-refractivity contribution is 6.00. The van der Waals surface area contributed by atoms with E-state index in [2.05, 4.69) is 6.58 Å². The molecule has 0 fully saturated rings. The second-order valence-corrected chi connectivity index (χ2v) is 3.52. The molecule has 0 saturated heterocycles. The Morgan fingerprint density at radius 2 is 1.73 bits per heavy atom. The third-order valence-electron chi connectivity index (χ3n) is 2.08. The molecule has 0 aromatic heterocycles. The van der Waals surface area contributed by atoms with Gasteiger partial charge >= 0.3 is 0 Å². The number of Topliss-reactive ketones (excluding diaryl/α,β-unsaturated/α-hetero) is 2. The molecule has 0 heterocycles. The van der Waals surface area contributed by atoms with E-state index in [0.29, 0.717) is 6.42 Å². The van der Waals surface area contributed by atoms with Crippen LogP contribution in [0.2, 0.25) is 0 Å². The molecule has 0 aromatic rings. The third-order valence-corrected chi connectivity index (χ3v) is 2.08. The molecule has 0 spiro atoms. The van der Waals surface area contributed by atoms with Crippen molar-refractivity contribution in [1.82, 2.24) is 0 Å². The second-order valence-electron chi connectivity index (χ2n) is 3.52. The average Bonchev–Trinajstić information content (AvgIpc) is 2.13. The van der Waals surface area contributed by atoms with Crippen LogP contribution >= 0.6 is 0 Å². The quantitative estimate of drug-likeness (QED) is 0.494. The van der Waals surface area contributed by atoms with Gasteiger partial charge in [0.15, 0.2) is 0 Å². The number of allylic oxidation sites excluding steroid dienone is 5. The van der Waals surface area contributed by atoms with Gasteiger partial charge in [0.1, 0.15) is 11.6 Å². The Kier molecular flexibility index (Phi) is 6.27. The first kappa shape index (κ1) is 13.6. The van der Waals surface area contributed by atoms with E-state index in [-0.39, 0.29) is 11.6 Å². The van der Waals surface area contributed by atoms with Gasteiger partial charge in [-0.2, -0.15) is 0 Å². The van der Waals surface area contributed by atoms with E-state index >= 15 is 0 Å². The predicted molar refractivity (Wildman–Crippen MR) is 62.6 cm³/mol. The van der Waals surface area contributed by atoms with E-state index in [9.17, 15) is 9.59 Å². The van der Waals surface area contributed by atoms with Crippen molar-refractivity contribution in [2.75, 3.05) is 0 Å². The normalized spacial score (nSPS) is 11.5. The lowest BCUT2D eigenvalue weighted by Gasteiger charge is -2.09. The van der Waals surface area contributed by atoms with Crippen LogP contribution in [-0.2, 0) is 9.59 Å². The van der Waals surface area contributed by atoms with Gasteiger partial charge in [0.05, 0.1) is 5.92 Å². The van der Waals surface area contributed by atoms with Crippen LogP contribution in [0.1, 0.15) is 27.2 Å². The lowest BCUT2D eigenvalue weighted by molar-refractivity contribution is -0.130. The molecule has 0 N–H and O–H groups in total. The molecule has 0 aliphatic rings. The summed E-state index contributed by atoms with van der Waals surface area (Å²) < 4.78 is 0. The van der Waals surface area contributed by atoms with E-state index in [1.165, 1.54) is 13.8 Å². The van der Waals surface area contributed by atoms with Crippen molar-refractivity contribution >= 4 is 11.6 Å². The summed E-state index contributed by atoms with van der Waals surface area (Å²) in [5.74, 6) is -0.723. The Hall–Kier alpha value is -1.44. The smallest absolute Gasteiger partial charge is 0.140 e. The minimum Gasteiger partial charge on any atom is -0.299 e. The Morgan fingerprint density at radius 3 is 2.13 bits per heavy atom. The average molecular weight is 206 g/mol. The van der Waals surface area contributed by atoms with Gasteiger partial charge in [-0.1, -0.05) is 36.5 Å². The van der Waals surface area contributed by atoms with E-state index in [0.717, 1.165) is 5.57 Å². The molecule has 0 amide bonds. The summed E-state index contributed by atoms with van der Waals surface area (Å²) in [4.78, 5) is 22.3. The highest BCUT2D eigenvalue weighted by Crippen LogP contribution is 2.13. The van der Waals surface area contributed by atoms with Gasteiger partial charge < -0.3 is 0 Å². The van der Waals surface area contributed by atoms with E-state index in [1.807, 2.05) is 31.2 Å². The summed E-state index contributed by atoms with van der Waals surface area (Å²) in [6, 6.07) is 0. The van der Waals surface area contributed by atoms with Crippen molar-refractivity contribution in [3.63, 3.8) is 0 Å². The highest BCUT2D eigenvalue weighted by atomic mass is 16.1. The van der Waals surface area contributed by atoms with Crippen molar-refractivity contribution in [3.05, 3.63) is 36.5 Å². The number of rotatable bonds is 6. The summed E-state index contributed by atoms with van der Waals surface area (Å²) >= 11 is 0. The minimum atomic E-state index is -0.534. The second kappa shape index (κ2) is 6.93. The Bertz CT molecular complexity index is 294. The van der Waals surface area contributed by atoms with Crippen molar-refractivity contribution in [2.24, 2.45) is 5.92 Å². The van der Waals surface area contributed by atoms with Crippen molar-refractivity contribution < 1.29 is 9.59 Å². The van der Waals surface area contributed by atoms with E-state index < -0.39 is 5.92 Å². The maximum atomic E-state index is 11.2. The van der Waals surface area contributed by atoms with Crippen LogP contribution in [0.15, 0.2) is 36.5 Å². The maximum Gasteiger partial charge on any atom is 0.140 e. The molecule has 0 unspecified atom stereocenters. The van der Waals surface area contributed by atoms with Crippen molar-refractivity contribution in [2.45, 2.75) is 27.2 Å². The van der Waals surface area contributed by atoms with Gasteiger partial charge in [0, 0.05) is 0 Å². The zero-order valence-corrected chi connectivity index (χ0v) is 9.62. The zero-order chi connectivity index (χ0) is 11.8. The predicted octanol–water partition coefficient (Wildman–Crippen LogP) is 2.86. The van der Waals surface area contributed by atoms with Crippen LogP contribution in [0.3, 0.4) is 0 Å². The molecule has 2 nitrogen and oxygen atoms in total. The van der Waals surface area contributed by atoms with E-state index in [1.54, 1.807) is 0 Å². The van der Waals surface area contributed by atoms with Gasteiger partial charge in [-0.05, 0) is 27.2 Å². The number of carbonyl (C=O) groups excluding carboxylic acids is 2. The topological polar surface area (TPSA) is 34.1 Å². The summed E-state index contributed by atoms with van der Waals surface area (Å²) in [7, 11) is 0. The zero-order valence-electron chi connectivity index (χ0n) is 9.62. The largest absolute Gasteiger partial charge is 0.299 e. The van der Waals surface area contributed by atoms with Gasteiger partial charge in [0.2, 0.25) is 0 Å². The fraction of sp³-hybridized carbons (Fsp3) is 0.385. The number of ketones is 2. The van der Waals surface area contributed by atoms with Crippen molar-refractivity contribution in [3.8, 4) is 0 Å². The van der Waals surface area contributed by atoms with Crippen LogP contribution in [0.4, 0.5) is 0 Å². The maximum absolute atomic E-state index is 11.2. The fourth-order valence-electron chi connectivity index (χ4n) is 1.21. The Labute approximate surface area is 91.4 Å². The Morgan fingerprint density at radius 1 is 1.20 bits per heavy atom. The van der Waals surface area contributed by atoms with Crippen molar-refractivity contribution in [1.29, 1.82) is 0 Å². The number of hydrogen-bond acceptors (Lipinski definition) is 2. The fourth-order valence-corrected chi connectivity index (χ4v) is 1.21. The summed E-state index contributed by atoms with van der Waals surface area (Å²) in [5, 5.41) is 0. The molecule has 0 rings (SSSR count). The molecule has 0 aromatic carbocycles. The highest BCUT2D eigenvalue weighted by Gasteiger charge is 2.19. The van der Waals surface area contributed by atoms with E-state index in [4.69, 9.17) is 0 Å². The molecule has 0 radical (unpaired) electrons. The molecule has 0 aliphatic heterocycles. The third kappa shape index (κ3) is 5.78. The monoisotopic (exact) mass is 206 g/mol. The molecule has 0 atom stereocenters. The van der Waals surface area contributed by atoms with Gasteiger partial charge in [-0.15, -0.1) is 0 Å². The molecule has 0 saturated carbocycles. The van der Waals surface area contributed by atoms with Gasteiger partial charge in [0.25, 0.3) is 0 Å². The Balaban J connectivity index is 4.36. The molecule has 2 heteroatoms. The number of hydrogen-bond donors (Lipinski definition) is 0. The summed E-state index contributed by atoms with van der Waals surface area (Å²) in [6.07, 6.45) is 7.86. The summed E-state index contributed by atoms with van der Waals surface area (Å²) in [6.45, 7) is 8.60. The SMILES string of the molecule is C=C(/C=C\C=C/C)CC(C(C)=O)C(C)=O. The first-order valence-electron chi connectivity index (χ1n) is 4.97. The van der Waals surface area contributed by atoms with Crippen LogP contribution in [-0.4, -0.2) is 11.6 Å². The molecular formula is C13H18O2. The molecule has 0 aliphatic carbocycles. The first-order valence-corrected chi connectivity index (χ1v) is 4.97. The lowest BCUT2D eigenvalue weighted by atomic mass is 9.93. The van der Waals surface area contributed by atoms with Gasteiger partial charge in [-0.25, -0.2) is 0 Å². The molecule has 15 heavy (non-hydrogen) atoms. The van der Waals surface area contributed by atoms with Crippen LogP contribution in [0.5, 0.6) is 0 Å². The minimum absolute atomic E-state index is 0.0944. The first-order chi connectivity index (χ1) is 6.99. The van der Waals surface area contributed by atoms with Crippen LogP contribution < -0.4 is 0 Å². The van der Waals surface area contributed by atoms with Crippen LogP contribution in [0.25, 0.3) is 0 Å². The van der Waals surface area contributed by atoms with Crippen LogP contribution in [0, 0.1) is 5.92 Å². The molecular weight excluding hydrogens is 188 g/mol.